The molecule has 0 aliphatic carbocycles. The van der Waals surface area contributed by atoms with Gasteiger partial charge in [0, 0.05) is 0 Å². The fourth-order valence-electron chi connectivity index (χ4n) is 1.74. The van der Waals surface area contributed by atoms with Crippen molar-refractivity contribution in [3.05, 3.63) is 41.5 Å². The number of para-hydroxylation sites is 1. The first-order chi connectivity index (χ1) is 9.13. The zero-order chi connectivity index (χ0) is 13.8. The van der Waals surface area contributed by atoms with Crippen LogP contribution in [0.4, 0.5) is 15.8 Å². The smallest absolute Gasteiger partial charge is 0.278 e. The summed E-state index contributed by atoms with van der Waals surface area (Å²) in [5, 5.41) is 9.05. The Morgan fingerprint density at radius 3 is 2.89 bits per heavy atom. The summed E-state index contributed by atoms with van der Waals surface area (Å²) in [6.07, 6.45) is 1.60. The van der Waals surface area contributed by atoms with Crippen LogP contribution in [0.1, 0.15) is 29.5 Å². The number of hydrogen-bond acceptors (Lipinski definition) is 3. The van der Waals surface area contributed by atoms with Gasteiger partial charge in [0.1, 0.15) is 5.82 Å². The standard InChI is InChI=1S/C13H15FN4O/c1-2-5-10-11(15)12(18-17-10)13(19)16-9-7-4-3-6-8(9)14/h3-4,6-7H,2,5,15H2,1H3,(H,16,19)(H,17,18). The molecule has 0 aliphatic rings. The Hall–Kier alpha value is -2.37. The van der Waals surface area contributed by atoms with Crippen LogP contribution in [0.5, 0.6) is 0 Å². The van der Waals surface area contributed by atoms with Crippen molar-refractivity contribution in [1.82, 2.24) is 10.2 Å². The van der Waals surface area contributed by atoms with Crippen LogP contribution in [0.2, 0.25) is 0 Å². The molecule has 2 rings (SSSR count). The summed E-state index contributed by atoms with van der Waals surface area (Å²) >= 11 is 0. The van der Waals surface area contributed by atoms with Gasteiger partial charge in [-0.25, -0.2) is 4.39 Å². The van der Waals surface area contributed by atoms with E-state index in [-0.39, 0.29) is 11.4 Å². The number of nitrogens with two attached hydrogens (primary N) is 1. The number of anilines is 2. The summed E-state index contributed by atoms with van der Waals surface area (Å²) in [7, 11) is 0. The maximum atomic E-state index is 13.4. The van der Waals surface area contributed by atoms with Crippen LogP contribution < -0.4 is 11.1 Å². The lowest BCUT2D eigenvalue weighted by Gasteiger charge is -2.04. The van der Waals surface area contributed by atoms with Crippen molar-refractivity contribution in [1.29, 1.82) is 0 Å². The number of benzene rings is 1. The molecular formula is C13H15FN4O. The van der Waals surface area contributed by atoms with Crippen molar-refractivity contribution in [2.75, 3.05) is 11.1 Å². The molecule has 0 radical (unpaired) electrons. The predicted molar refractivity (Wildman–Crippen MR) is 71.3 cm³/mol. The van der Waals surface area contributed by atoms with Gasteiger partial charge in [-0.2, -0.15) is 5.10 Å². The van der Waals surface area contributed by atoms with E-state index >= 15 is 0 Å². The van der Waals surface area contributed by atoms with E-state index in [9.17, 15) is 9.18 Å². The molecule has 0 fully saturated rings. The monoisotopic (exact) mass is 262 g/mol. The molecule has 1 aromatic carbocycles. The summed E-state index contributed by atoms with van der Waals surface area (Å²) in [6, 6.07) is 5.93. The Morgan fingerprint density at radius 1 is 1.47 bits per heavy atom. The van der Waals surface area contributed by atoms with Gasteiger partial charge in [0.05, 0.1) is 17.1 Å². The number of rotatable bonds is 4. The lowest BCUT2D eigenvalue weighted by atomic mass is 10.2. The highest BCUT2D eigenvalue weighted by molar-refractivity contribution is 6.06. The molecule has 0 unspecified atom stereocenters. The van der Waals surface area contributed by atoms with E-state index in [1.54, 1.807) is 12.1 Å². The van der Waals surface area contributed by atoms with E-state index in [1.165, 1.54) is 12.1 Å². The molecule has 0 atom stereocenters. The number of amides is 1. The van der Waals surface area contributed by atoms with Crippen molar-refractivity contribution in [3.63, 3.8) is 0 Å². The number of nitrogen functional groups attached to an aromatic ring is 1. The summed E-state index contributed by atoms with van der Waals surface area (Å²) in [5.41, 5.74) is 7.07. The largest absolute Gasteiger partial charge is 0.395 e. The molecule has 0 spiro atoms. The van der Waals surface area contributed by atoms with E-state index in [1.807, 2.05) is 6.92 Å². The topological polar surface area (TPSA) is 83.8 Å². The molecule has 4 N–H and O–H groups in total. The Labute approximate surface area is 110 Å². The lowest BCUT2D eigenvalue weighted by Crippen LogP contribution is -2.15. The van der Waals surface area contributed by atoms with E-state index in [0.29, 0.717) is 12.1 Å². The van der Waals surface area contributed by atoms with Gasteiger partial charge >= 0.3 is 0 Å². The number of hydrogen-bond donors (Lipinski definition) is 3. The van der Waals surface area contributed by atoms with E-state index in [0.717, 1.165) is 12.1 Å². The Morgan fingerprint density at radius 2 is 2.21 bits per heavy atom. The Kier molecular flexibility index (Phi) is 3.79. The first kappa shape index (κ1) is 13.1. The van der Waals surface area contributed by atoms with Crippen LogP contribution in [0.25, 0.3) is 0 Å². The van der Waals surface area contributed by atoms with Gasteiger partial charge in [0.15, 0.2) is 5.69 Å². The molecule has 0 saturated carbocycles. The molecule has 0 aliphatic heterocycles. The number of aromatic nitrogens is 2. The van der Waals surface area contributed by atoms with Crippen molar-refractivity contribution >= 4 is 17.3 Å². The molecule has 0 bridgehead atoms. The number of aromatic amines is 1. The van der Waals surface area contributed by atoms with Gasteiger partial charge in [-0.05, 0) is 18.6 Å². The third-order valence-corrected chi connectivity index (χ3v) is 2.72. The Bertz CT molecular complexity index is 594. The zero-order valence-electron chi connectivity index (χ0n) is 10.5. The minimum absolute atomic E-state index is 0.0895. The number of aryl methyl sites for hydroxylation is 1. The molecule has 100 valence electrons. The third kappa shape index (κ3) is 2.73. The van der Waals surface area contributed by atoms with Crippen LogP contribution >= 0.6 is 0 Å². The molecular weight excluding hydrogens is 247 g/mol. The molecule has 0 saturated heterocycles. The highest BCUT2D eigenvalue weighted by Gasteiger charge is 2.17. The summed E-state index contributed by atoms with van der Waals surface area (Å²) in [4.78, 5) is 12.0. The maximum absolute atomic E-state index is 13.4. The molecule has 19 heavy (non-hydrogen) atoms. The second kappa shape index (κ2) is 5.51. The molecule has 2 aromatic rings. The number of carbonyl (C=O) groups excluding carboxylic acids is 1. The predicted octanol–water partition coefficient (Wildman–Crippen LogP) is 2.34. The first-order valence-corrected chi connectivity index (χ1v) is 6.02. The van der Waals surface area contributed by atoms with Gasteiger partial charge in [-0.3, -0.25) is 9.89 Å². The quantitative estimate of drug-likeness (QED) is 0.790. The average molecular weight is 262 g/mol. The van der Waals surface area contributed by atoms with Crippen molar-refractivity contribution in [2.24, 2.45) is 0 Å². The number of H-pyrrole nitrogens is 1. The second-order valence-corrected chi connectivity index (χ2v) is 4.15. The van der Waals surface area contributed by atoms with Crippen LogP contribution in [0.15, 0.2) is 24.3 Å². The lowest BCUT2D eigenvalue weighted by molar-refractivity contribution is 0.102. The van der Waals surface area contributed by atoms with Crippen molar-refractivity contribution in [2.45, 2.75) is 19.8 Å². The summed E-state index contributed by atoms with van der Waals surface area (Å²) in [5.74, 6) is -1.03. The minimum atomic E-state index is -0.527. The average Bonchev–Trinajstić information content (AvgIpc) is 2.75. The van der Waals surface area contributed by atoms with Crippen LogP contribution in [-0.2, 0) is 6.42 Å². The molecule has 5 nitrogen and oxygen atoms in total. The van der Waals surface area contributed by atoms with Crippen molar-refractivity contribution in [3.8, 4) is 0 Å². The summed E-state index contributed by atoms with van der Waals surface area (Å²) in [6.45, 7) is 2.00. The van der Waals surface area contributed by atoms with Crippen LogP contribution in [0.3, 0.4) is 0 Å². The summed E-state index contributed by atoms with van der Waals surface area (Å²) < 4.78 is 13.4. The number of nitrogens with zero attached hydrogens (tertiary/aromatic N) is 1. The van der Waals surface area contributed by atoms with E-state index in [2.05, 4.69) is 15.5 Å². The third-order valence-electron chi connectivity index (χ3n) is 2.72. The van der Waals surface area contributed by atoms with Crippen LogP contribution in [0, 0.1) is 5.82 Å². The fraction of sp³-hybridized carbons (Fsp3) is 0.231. The highest BCUT2D eigenvalue weighted by Crippen LogP contribution is 2.18. The van der Waals surface area contributed by atoms with Gasteiger partial charge in [-0.1, -0.05) is 25.5 Å². The zero-order valence-corrected chi connectivity index (χ0v) is 10.5. The molecule has 1 aromatic heterocycles. The molecule has 1 heterocycles. The van der Waals surface area contributed by atoms with Gasteiger partial charge in [-0.15, -0.1) is 0 Å². The second-order valence-electron chi connectivity index (χ2n) is 4.15. The number of halogens is 1. The fourth-order valence-corrected chi connectivity index (χ4v) is 1.74. The van der Waals surface area contributed by atoms with Gasteiger partial charge < -0.3 is 11.1 Å². The van der Waals surface area contributed by atoms with Gasteiger partial charge in [0.25, 0.3) is 5.91 Å². The highest BCUT2D eigenvalue weighted by atomic mass is 19.1. The molecule has 1 amide bonds. The van der Waals surface area contributed by atoms with Crippen LogP contribution in [-0.4, -0.2) is 16.1 Å². The first-order valence-electron chi connectivity index (χ1n) is 6.02. The van der Waals surface area contributed by atoms with E-state index in [4.69, 9.17) is 5.73 Å². The number of carbonyl (C=O) groups is 1. The molecule has 6 heteroatoms. The van der Waals surface area contributed by atoms with Crippen molar-refractivity contribution < 1.29 is 9.18 Å². The normalized spacial score (nSPS) is 10.4. The minimum Gasteiger partial charge on any atom is -0.395 e. The van der Waals surface area contributed by atoms with Gasteiger partial charge in [0.2, 0.25) is 0 Å². The maximum Gasteiger partial charge on any atom is 0.278 e. The SMILES string of the molecule is CCCc1[nH]nc(C(=O)Nc2ccccc2F)c1N. The van der Waals surface area contributed by atoms with E-state index < -0.39 is 11.7 Å². The number of nitrogens with one attached hydrogen (secondary N) is 2. The Balaban J connectivity index is 2.19.